The summed E-state index contributed by atoms with van der Waals surface area (Å²) in [6.45, 7) is -9.57. The maximum absolute atomic E-state index is 13.6. The Morgan fingerprint density at radius 3 is 0.858 bits per heavy atom. The Kier molecular flexibility index (Phi) is 16.2. The van der Waals surface area contributed by atoms with E-state index in [1.54, 1.807) is 6.92 Å². The molecule has 8 heterocycles. The summed E-state index contributed by atoms with van der Waals surface area (Å²) in [4.78, 5) is 97.7. The van der Waals surface area contributed by atoms with Crippen molar-refractivity contribution in [2.45, 2.75) is 157 Å². The fourth-order valence-electron chi connectivity index (χ4n) is 9.86. The molecule has 40 heteroatoms. The molecule has 0 spiro atoms. The second-order valence-electron chi connectivity index (χ2n) is 24.5. The molecule has 0 aliphatic heterocycles. The molecular weight excluding hydrogens is 1710 g/mol. The Bertz CT molecular complexity index is 8300. The summed E-state index contributed by atoms with van der Waals surface area (Å²) in [7, 11) is -19.9. The highest BCUT2D eigenvalue weighted by Gasteiger charge is 2.33. The molecule has 8 N–H and O–H groups in total. The fourth-order valence-corrected chi connectivity index (χ4v) is 18.8. The van der Waals surface area contributed by atoms with Crippen LogP contribution in [0.2, 0.25) is 11.3 Å². The molecule has 632 valence electrons. The van der Waals surface area contributed by atoms with E-state index >= 15 is 0 Å². The van der Waals surface area contributed by atoms with Crippen LogP contribution in [0.25, 0.3) is 0 Å². The van der Waals surface area contributed by atoms with Crippen molar-refractivity contribution in [2.24, 2.45) is 0 Å². The van der Waals surface area contributed by atoms with E-state index in [1.807, 2.05) is 0 Å². The summed E-state index contributed by atoms with van der Waals surface area (Å²) in [5.41, 5.74) is -11.2. The summed E-state index contributed by atoms with van der Waals surface area (Å²) in [6.07, 6.45) is 0. The van der Waals surface area contributed by atoms with E-state index < -0.39 is 278 Å². The Hall–Kier alpha value is -11.9. The van der Waals surface area contributed by atoms with Crippen LogP contribution in [0.4, 0.5) is 46.3 Å². The summed E-state index contributed by atoms with van der Waals surface area (Å²) in [5, 5.41) is 18.4. The third kappa shape index (κ3) is 21.0. The zero-order chi connectivity index (χ0) is 121. The van der Waals surface area contributed by atoms with Crippen molar-refractivity contribution >= 4 is 178 Å². The number of hydrogen-bond acceptors (Lipinski definition) is 28. The van der Waals surface area contributed by atoms with Gasteiger partial charge in [-0.1, -0.05) is 44.8 Å². The molecular formula is C80H84N12O20S8. The molecule has 120 heavy (non-hydrogen) atoms. The van der Waals surface area contributed by atoms with Gasteiger partial charge >= 0.3 is 0 Å². The lowest BCUT2D eigenvalue weighted by molar-refractivity contribution is 0.100. The van der Waals surface area contributed by atoms with E-state index in [-0.39, 0.29) is 121 Å². The Morgan fingerprint density at radius 2 is 0.592 bits per heavy atom. The van der Waals surface area contributed by atoms with Crippen LogP contribution in [0.3, 0.4) is 0 Å². The molecule has 0 unspecified atom stereocenters. The van der Waals surface area contributed by atoms with E-state index in [0.717, 1.165) is 74.1 Å². The normalized spacial score (nSPS) is 16.8. The van der Waals surface area contributed by atoms with E-state index in [1.165, 1.54) is 59.2 Å². The first-order valence-electron chi connectivity index (χ1n) is 51.6. The number of rotatable bonds is 24. The lowest BCUT2D eigenvalue weighted by atomic mass is 10.0. The number of amides is 4. The minimum atomic E-state index is -5.33. The van der Waals surface area contributed by atoms with E-state index in [9.17, 15) is 72.0 Å². The van der Waals surface area contributed by atoms with Crippen molar-refractivity contribution in [3.05, 3.63) is 225 Å². The average Bonchev–Trinajstić information content (AvgIpc) is 0.847. The van der Waals surface area contributed by atoms with Crippen LogP contribution in [0, 0.1) is 110 Å². The molecule has 8 aromatic heterocycles. The molecule has 0 fully saturated rings. The molecule has 4 aromatic carbocycles. The topological polar surface area (TPSA) is 473 Å². The maximum Gasteiger partial charge on any atom is 0.267 e. The third-order valence-electron chi connectivity index (χ3n) is 15.7. The fraction of sp³-hybridized carbons (Fsp3) is 0.250. The molecule has 0 saturated carbocycles. The lowest BCUT2D eigenvalue weighted by Crippen LogP contribution is -2.20. The average molecular weight is 1830 g/mol. The summed E-state index contributed by atoms with van der Waals surface area (Å²) < 4.78 is 425. The number of Topliss-reactive ketones (excluding diaryl/α,β-unsaturated/α-hetero) is 4. The van der Waals surface area contributed by atoms with Crippen molar-refractivity contribution in [3.8, 4) is 0 Å². The van der Waals surface area contributed by atoms with Crippen LogP contribution < -0.4 is 40.1 Å². The first-order valence-corrected chi connectivity index (χ1v) is 42.3. The monoisotopic (exact) mass is 1830 g/mol. The number of anilines is 8. The highest BCUT2D eigenvalue weighted by atomic mass is 32.2. The summed E-state index contributed by atoms with van der Waals surface area (Å²) >= 11 is 2.21. The van der Waals surface area contributed by atoms with Gasteiger partial charge in [0.2, 0.25) is 23.5 Å². The quantitative estimate of drug-likeness (QED) is 0.0260. The smallest absolute Gasteiger partial charge is 0.267 e. The van der Waals surface area contributed by atoms with Gasteiger partial charge < -0.3 is 39.3 Å². The molecule has 0 atom stereocenters. The highest BCUT2D eigenvalue weighted by Crippen LogP contribution is 2.36. The minimum Gasteiger partial charge on any atom is -0.337 e. The van der Waals surface area contributed by atoms with Crippen LogP contribution in [0.5, 0.6) is 0 Å². The number of thiophene rings is 4. The second kappa shape index (κ2) is 37.2. The molecule has 0 aliphatic rings. The van der Waals surface area contributed by atoms with Crippen LogP contribution >= 0.6 is 45.3 Å². The number of nitrogens with one attached hydrogen (secondary N) is 8. The number of benzene rings is 4. The van der Waals surface area contributed by atoms with Gasteiger partial charge in [0.05, 0.1) is 53.7 Å². The zero-order valence-corrected chi connectivity index (χ0v) is 70.1. The molecule has 12 rings (SSSR count). The largest absolute Gasteiger partial charge is 0.337 e. The maximum atomic E-state index is 13.6. The van der Waals surface area contributed by atoms with Gasteiger partial charge in [0.1, 0.15) is 39.1 Å². The number of carbonyl (C=O) groups is 8. The molecule has 0 bridgehead atoms. The number of hydrogen-bond donors (Lipinski definition) is 8. The molecule has 32 nitrogen and oxygen atoms in total. The van der Waals surface area contributed by atoms with Crippen LogP contribution in [0.15, 0.2) is 132 Å². The SMILES string of the molecule is [2H]c1c(C([2H])([2H])[2H])cc(C(C)=O)c(N([2H])C(=O)c2sccc2S(=O)(=O)N([2H])c2onc(C([2H])([2H])[2H])c2C([2H])([2H])[2H])c1C([2H])([2H])[2H].[2H]c1c(C([2H])([2H])[2H])cc(C(C)=O)c(N([2H])C(=O)c2sccc2S(=O)(=O)N([2H])c2onc(C([2H])([2H])[2H])c2C)c1C([2H])([2H])[2H].[2H]c1c(C)c([2H])c(C(C)=O)c(N([2H])C(=O)c2sccc2S(=O)(=O)N([2H])c2onc(C)c2C([2H])([2H])[2H])c1C.[2H]c1c(C)c([2H])c(C(C)=O)c(N([2H])C(=O)c2sccc2S(=O)(=O)N([2H])c2onc(C)c2C)c1C. The first kappa shape index (κ1) is 52.2. The van der Waals surface area contributed by atoms with Crippen LogP contribution in [-0.2, 0) is 40.1 Å². The van der Waals surface area contributed by atoms with Gasteiger partial charge in [-0.15, -0.1) is 45.3 Å². The van der Waals surface area contributed by atoms with E-state index in [0.29, 0.717) is 62.7 Å². The Morgan fingerprint density at radius 1 is 0.333 bits per heavy atom. The van der Waals surface area contributed by atoms with Gasteiger partial charge in [0.25, 0.3) is 63.7 Å². The van der Waals surface area contributed by atoms with Gasteiger partial charge in [0.15, 0.2) is 34.4 Å². The number of ketones is 4. The molecule has 12 aromatic rings. The molecule has 4 amide bonds. The summed E-state index contributed by atoms with van der Waals surface area (Å²) in [6, 6.07) is 2.03. The van der Waals surface area contributed by atoms with Gasteiger partial charge in [-0.3, -0.25) is 38.4 Å². The number of carbonyl (C=O) groups excluding carboxylic acids is 8. The van der Waals surface area contributed by atoms with Crippen LogP contribution in [0.1, 0.15) is 238 Å². The Balaban J connectivity index is 0.000000234. The van der Waals surface area contributed by atoms with Crippen molar-refractivity contribution in [1.82, 2.24) is 20.6 Å². The van der Waals surface area contributed by atoms with Gasteiger partial charge in [-0.05, 0) is 252 Å². The first-order chi connectivity index (χ1) is 71.7. The summed E-state index contributed by atoms with van der Waals surface area (Å²) in [5.74, 6) is -11.9. The van der Waals surface area contributed by atoms with E-state index in [4.69, 9.17) is 66.0 Å². The Labute approximate surface area is 761 Å². The molecule has 0 radical (unpaired) electrons. The number of sulfonamides is 4. The predicted octanol–water partition coefficient (Wildman–Crippen LogP) is 16.9. The van der Waals surface area contributed by atoms with Crippen LogP contribution in [-0.4, -0.2) is 101 Å². The number of aromatic nitrogens is 4. The number of nitrogens with zero attached hydrogens (tertiary/aromatic N) is 4. The van der Waals surface area contributed by atoms with Crippen molar-refractivity contribution < 1.29 is 143 Å². The predicted molar refractivity (Wildman–Crippen MR) is 460 cm³/mol. The van der Waals surface area contributed by atoms with Gasteiger partial charge in [-0.25, -0.2) is 52.5 Å². The minimum absolute atomic E-state index is 0.0598. The number of aryl methyl sites for hydroxylation is 6. The molecule has 0 saturated heterocycles. The third-order valence-corrected chi connectivity index (χ3v) is 25.1. The standard InChI is InChI=1S/4C20H21N3O5S2/c4*1-10-8-11(2)17(15(9-10)14(5)24)21-19(25)18-16(6-7-29-18)30(26,27)23-20-12(3)13(4)22-28-20/h4*6-9,23H,1-5H3,(H,21,25)/i1D3,2D3,3D3,4D3,8D;1D3,2D3,4D3,8D;3D3,8D,9D;8D,9D/hD8. The van der Waals surface area contributed by atoms with E-state index in [2.05, 4.69) is 25.1 Å². The van der Waals surface area contributed by atoms with Crippen molar-refractivity contribution in [2.75, 3.05) is 40.1 Å². The highest BCUT2D eigenvalue weighted by molar-refractivity contribution is 7.94. The van der Waals surface area contributed by atoms with Crippen molar-refractivity contribution in [3.63, 3.8) is 0 Å². The second-order valence-corrected chi connectivity index (χ2v) is 34.5. The van der Waals surface area contributed by atoms with Gasteiger partial charge in [-0.2, -0.15) is 0 Å². The molecule has 0 aliphatic carbocycles. The lowest BCUT2D eigenvalue weighted by Gasteiger charge is -2.14. The van der Waals surface area contributed by atoms with Crippen molar-refractivity contribution in [1.29, 1.82) is 0 Å². The van der Waals surface area contributed by atoms with Gasteiger partial charge in [0, 0.05) is 77.4 Å². The zero-order valence-electron chi connectivity index (χ0n) is 102.